The summed E-state index contributed by atoms with van der Waals surface area (Å²) in [6.45, 7) is 9.51. The first-order chi connectivity index (χ1) is 12.4. The number of guanidine groups is 1. The highest BCUT2D eigenvalue weighted by Crippen LogP contribution is 2.18. The first-order valence-electron chi connectivity index (χ1n) is 9.19. The van der Waals surface area contributed by atoms with Gasteiger partial charge in [0.25, 0.3) is 0 Å². The highest BCUT2D eigenvalue weighted by Gasteiger charge is 2.13. The Kier molecular flexibility index (Phi) is 9.55. The number of aliphatic imine (C=N–C) groups is 1. The number of hydrogen-bond donors (Lipinski definition) is 3. The van der Waals surface area contributed by atoms with Crippen LogP contribution in [0.1, 0.15) is 33.3 Å². The van der Waals surface area contributed by atoms with Crippen LogP contribution in [0.2, 0.25) is 0 Å². The smallest absolute Gasteiger partial charge is 0.242 e. The molecule has 0 bridgehead atoms. The molecule has 0 saturated heterocycles. The van der Waals surface area contributed by atoms with Crippen LogP contribution >= 0.6 is 24.0 Å². The Hall–Kier alpha value is -1.83. The Labute approximate surface area is 179 Å². The zero-order valence-corrected chi connectivity index (χ0v) is 19.0. The lowest BCUT2D eigenvalue weighted by molar-refractivity contribution is -0.121. The van der Waals surface area contributed by atoms with Crippen molar-refractivity contribution in [2.45, 2.75) is 39.7 Å². The number of carbonyl (C=O) groups excluding carboxylic acids is 1. The van der Waals surface area contributed by atoms with Crippen LogP contribution in [0.25, 0.3) is 10.8 Å². The van der Waals surface area contributed by atoms with Gasteiger partial charge in [0, 0.05) is 18.6 Å². The van der Waals surface area contributed by atoms with Gasteiger partial charge in [0.1, 0.15) is 6.54 Å². The van der Waals surface area contributed by atoms with E-state index in [0.29, 0.717) is 5.96 Å². The Bertz CT molecular complexity index is 763. The third kappa shape index (κ3) is 8.15. The van der Waals surface area contributed by atoms with E-state index in [9.17, 15) is 4.79 Å². The number of rotatable bonds is 6. The Morgan fingerprint density at radius 3 is 2.44 bits per heavy atom. The molecule has 0 atom stereocenters. The number of nitrogens with zero attached hydrogens (tertiary/aromatic N) is 1. The van der Waals surface area contributed by atoms with Crippen LogP contribution in [0.3, 0.4) is 0 Å². The summed E-state index contributed by atoms with van der Waals surface area (Å²) in [5.41, 5.74) is 1.06. The summed E-state index contributed by atoms with van der Waals surface area (Å²) in [4.78, 5) is 16.3. The third-order valence-electron chi connectivity index (χ3n) is 3.81. The second-order valence-corrected chi connectivity index (χ2v) is 7.31. The van der Waals surface area contributed by atoms with Crippen molar-refractivity contribution in [2.75, 3.05) is 19.6 Å². The first-order valence-corrected chi connectivity index (χ1v) is 9.19. The molecule has 0 radical (unpaired) electrons. The molecule has 0 saturated carbocycles. The van der Waals surface area contributed by atoms with Crippen molar-refractivity contribution >= 4 is 46.6 Å². The molecule has 0 aliphatic heterocycles. The molecule has 0 heterocycles. The standard InChI is InChI=1S/C21H30N4O.HI/c1-5-22-20(24-15-19(26)25-21(2,3)4)23-14-13-17-11-8-10-16-9-6-7-12-18(16)17;/h6-12H,5,13-15H2,1-4H3,(H,25,26)(H2,22,23,24);1H. The van der Waals surface area contributed by atoms with E-state index in [1.165, 1.54) is 16.3 Å². The largest absolute Gasteiger partial charge is 0.357 e. The predicted molar refractivity (Wildman–Crippen MR) is 125 cm³/mol. The van der Waals surface area contributed by atoms with E-state index >= 15 is 0 Å². The summed E-state index contributed by atoms with van der Waals surface area (Å²) < 4.78 is 0. The Morgan fingerprint density at radius 2 is 1.74 bits per heavy atom. The Morgan fingerprint density at radius 1 is 1.04 bits per heavy atom. The fourth-order valence-electron chi connectivity index (χ4n) is 2.78. The maximum atomic E-state index is 11.9. The average molecular weight is 482 g/mol. The van der Waals surface area contributed by atoms with Gasteiger partial charge in [0.15, 0.2) is 5.96 Å². The van der Waals surface area contributed by atoms with Crippen LogP contribution in [-0.4, -0.2) is 37.0 Å². The fourth-order valence-corrected chi connectivity index (χ4v) is 2.78. The molecule has 0 aromatic heterocycles. The van der Waals surface area contributed by atoms with Crippen molar-refractivity contribution in [3.63, 3.8) is 0 Å². The molecule has 5 nitrogen and oxygen atoms in total. The number of halogens is 1. The molecule has 0 aliphatic carbocycles. The summed E-state index contributed by atoms with van der Waals surface area (Å²) in [7, 11) is 0. The quantitative estimate of drug-likeness (QED) is 0.336. The average Bonchev–Trinajstić information content (AvgIpc) is 2.58. The Balaban J connectivity index is 0.00000364. The number of benzene rings is 2. The van der Waals surface area contributed by atoms with Gasteiger partial charge in [0.05, 0.1) is 0 Å². The molecule has 27 heavy (non-hydrogen) atoms. The molecular weight excluding hydrogens is 451 g/mol. The summed E-state index contributed by atoms with van der Waals surface area (Å²) in [5, 5.41) is 11.9. The van der Waals surface area contributed by atoms with Gasteiger partial charge in [-0.15, -0.1) is 24.0 Å². The normalized spacial score (nSPS) is 11.6. The summed E-state index contributed by atoms with van der Waals surface area (Å²) in [5.74, 6) is 0.584. The summed E-state index contributed by atoms with van der Waals surface area (Å²) in [6, 6.07) is 14.8. The monoisotopic (exact) mass is 482 g/mol. The van der Waals surface area contributed by atoms with Crippen LogP contribution in [0.15, 0.2) is 47.5 Å². The molecule has 148 valence electrons. The molecule has 0 fully saturated rings. The zero-order valence-electron chi connectivity index (χ0n) is 16.6. The van der Waals surface area contributed by atoms with Crippen LogP contribution < -0.4 is 16.0 Å². The van der Waals surface area contributed by atoms with E-state index < -0.39 is 0 Å². The molecule has 1 amide bonds. The number of nitrogens with one attached hydrogen (secondary N) is 3. The molecule has 2 aromatic carbocycles. The topological polar surface area (TPSA) is 65.5 Å². The minimum Gasteiger partial charge on any atom is -0.357 e. The molecule has 2 rings (SSSR count). The highest BCUT2D eigenvalue weighted by molar-refractivity contribution is 14.0. The number of hydrogen-bond acceptors (Lipinski definition) is 2. The van der Waals surface area contributed by atoms with Gasteiger partial charge in [-0.2, -0.15) is 0 Å². The van der Waals surface area contributed by atoms with Gasteiger partial charge < -0.3 is 16.0 Å². The third-order valence-corrected chi connectivity index (χ3v) is 3.81. The lowest BCUT2D eigenvalue weighted by Crippen LogP contribution is -2.43. The molecule has 3 N–H and O–H groups in total. The first kappa shape index (κ1) is 23.2. The lowest BCUT2D eigenvalue weighted by atomic mass is 10.0. The van der Waals surface area contributed by atoms with Gasteiger partial charge in [0.2, 0.25) is 5.91 Å². The van der Waals surface area contributed by atoms with Crippen molar-refractivity contribution < 1.29 is 4.79 Å². The van der Waals surface area contributed by atoms with Crippen molar-refractivity contribution in [1.82, 2.24) is 16.0 Å². The van der Waals surface area contributed by atoms with E-state index in [0.717, 1.165) is 19.5 Å². The van der Waals surface area contributed by atoms with Crippen molar-refractivity contribution in [1.29, 1.82) is 0 Å². The van der Waals surface area contributed by atoms with Crippen molar-refractivity contribution in [3.05, 3.63) is 48.0 Å². The second kappa shape index (κ2) is 11.1. The van der Waals surface area contributed by atoms with E-state index in [1.54, 1.807) is 0 Å². The maximum Gasteiger partial charge on any atom is 0.242 e. The molecule has 6 heteroatoms. The zero-order chi connectivity index (χ0) is 19.0. The lowest BCUT2D eigenvalue weighted by Gasteiger charge is -2.20. The van der Waals surface area contributed by atoms with Gasteiger partial charge in [-0.25, -0.2) is 4.99 Å². The van der Waals surface area contributed by atoms with E-state index in [-0.39, 0.29) is 42.0 Å². The summed E-state index contributed by atoms with van der Waals surface area (Å²) in [6.07, 6.45) is 0.889. The number of carbonyl (C=O) groups is 1. The number of fused-ring (bicyclic) bond motifs is 1. The molecule has 2 aromatic rings. The predicted octanol–water partition coefficient (Wildman–Crippen LogP) is 3.47. The fraction of sp³-hybridized carbons (Fsp3) is 0.429. The summed E-state index contributed by atoms with van der Waals surface area (Å²) >= 11 is 0. The molecule has 0 aliphatic rings. The molecule has 0 spiro atoms. The SMILES string of the molecule is CCNC(=NCC(=O)NC(C)(C)C)NCCc1cccc2ccccc12.I. The van der Waals surface area contributed by atoms with Crippen molar-refractivity contribution in [2.24, 2.45) is 4.99 Å². The van der Waals surface area contributed by atoms with E-state index in [4.69, 9.17) is 0 Å². The maximum absolute atomic E-state index is 11.9. The van der Waals surface area contributed by atoms with E-state index in [2.05, 4.69) is 63.4 Å². The highest BCUT2D eigenvalue weighted by atomic mass is 127. The molecule has 0 unspecified atom stereocenters. The second-order valence-electron chi connectivity index (χ2n) is 7.31. The van der Waals surface area contributed by atoms with Gasteiger partial charge in [-0.05, 0) is 50.5 Å². The van der Waals surface area contributed by atoms with Crippen LogP contribution in [0.5, 0.6) is 0 Å². The minimum absolute atomic E-state index is 0. The van der Waals surface area contributed by atoms with Crippen molar-refractivity contribution in [3.8, 4) is 0 Å². The van der Waals surface area contributed by atoms with Crippen LogP contribution in [0.4, 0.5) is 0 Å². The van der Waals surface area contributed by atoms with Gasteiger partial charge in [-0.1, -0.05) is 42.5 Å². The number of amides is 1. The van der Waals surface area contributed by atoms with E-state index in [1.807, 2.05) is 27.7 Å². The minimum atomic E-state index is -0.243. The molecular formula is C21H31IN4O. The van der Waals surface area contributed by atoms with Crippen LogP contribution in [-0.2, 0) is 11.2 Å². The van der Waals surface area contributed by atoms with Gasteiger partial charge >= 0.3 is 0 Å². The van der Waals surface area contributed by atoms with Gasteiger partial charge in [-0.3, -0.25) is 4.79 Å². The van der Waals surface area contributed by atoms with Crippen LogP contribution in [0, 0.1) is 0 Å².